The van der Waals surface area contributed by atoms with Crippen molar-refractivity contribution in [3.05, 3.63) is 76.6 Å². The van der Waals surface area contributed by atoms with Crippen LogP contribution in [0, 0.1) is 0 Å². The molecule has 0 bridgehead atoms. The zero-order valence-corrected chi connectivity index (χ0v) is 18.2. The van der Waals surface area contributed by atoms with Gasteiger partial charge in [0.1, 0.15) is 5.82 Å². The zero-order valence-electron chi connectivity index (χ0n) is 18.2. The largest absolute Gasteiger partial charge is 0.488 e. The fourth-order valence-electron chi connectivity index (χ4n) is 4.22. The Hall–Kier alpha value is -3.77. The van der Waals surface area contributed by atoms with Gasteiger partial charge in [0.05, 0.1) is 24.4 Å². The van der Waals surface area contributed by atoms with Gasteiger partial charge in [-0.05, 0) is 29.2 Å². The lowest BCUT2D eigenvalue weighted by molar-refractivity contribution is 0.100. The van der Waals surface area contributed by atoms with Gasteiger partial charge in [0.2, 0.25) is 11.9 Å². The number of hydrogen-bond donors (Lipinski definition) is 5. The number of nitrogens with one attached hydrogen (secondary N) is 1. The van der Waals surface area contributed by atoms with E-state index in [2.05, 4.69) is 5.32 Å². The second-order valence-corrected chi connectivity index (χ2v) is 8.04. The number of hydrogen-bond acceptors (Lipinski definition) is 8. The molecule has 10 nitrogen and oxygen atoms in total. The van der Waals surface area contributed by atoms with Crippen LogP contribution in [0.4, 0.5) is 5.82 Å². The number of aromatic nitrogens is 3. The van der Waals surface area contributed by atoms with Crippen LogP contribution in [0.15, 0.2) is 48.5 Å². The number of primary amides is 1. The van der Waals surface area contributed by atoms with Gasteiger partial charge in [-0.15, -0.1) is 0 Å². The van der Waals surface area contributed by atoms with E-state index in [0.717, 1.165) is 28.0 Å². The molecule has 1 aliphatic rings. The van der Waals surface area contributed by atoms with Crippen LogP contribution in [0.25, 0.3) is 16.9 Å². The summed E-state index contributed by atoms with van der Waals surface area (Å²) in [6.07, 6.45) is 0. The first kappa shape index (κ1) is 22.0. The first-order valence-electron chi connectivity index (χ1n) is 10.8. The number of anilines is 1. The van der Waals surface area contributed by atoms with Crippen LogP contribution in [-0.2, 0) is 31.0 Å². The lowest BCUT2D eigenvalue weighted by Crippen LogP contribution is -2.30. The maximum atomic E-state index is 11.9. The van der Waals surface area contributed by atoms with Crippen molar-refractivity contribution in [1.29, 1.82) is 0 Å². The number of benzene rings is 2. The van der Waals surface area contributed by atoms with E-state index in [4.69, 9.17) is 26.2 Å². The third-order valence-electron chi connectivity index (χ3n) is 5.87. The van der Waals surface area contributed by atoms with Crippen molar-refractivity contribution >= 4 is 35.2 Å². The van der Waals surface area contributed by atoms with Crippen molar-refractivity contribution in [2.45, 2.75) is 26.3 Å². The highest BCUT2D eigenvalue weighted by molar-refractivity contribution is 6.58. The van der Waals surface area contributed by atoms with E-state index in [0.29, 0.717) is 47.9 Å². The number of nitrogens with zero attached hydrogens (tertiary/aromatic N) is 3. The molecule has 7 N–H and O–H groups in total. The van der Waals surface area contributed by atoms with E-state index >= 15 is 0 Å². The summed E-state index contributed by atoms with van der Waals surface area (Å²) in [5.41, 5.74) is 16.4. The van der Waals surface area contributed by atoms with Gasteiger partial charge < -0.3 is 31.6 Å². The van der Waals surface area contributed by atoms with E-state index in [1.807, 2.05) is 22.8 Å². The fourth-order valence-corrected chi connectivity index (χ4v) is 4.22. The maximum Gasteiger partial charge on any atom is 0.488 e. The summed E-state index contributed by atoms with van der Waals surface area (Å²) in [6.45, 7) is 1.36. The van der Waals surface area contributed by atoms with Crippen LogP contribution < -0.4 is 22.2 Å². The molecule has 4 aromatic rings. The number of ether oxygens (including phenoxy) is 1. The average molecular weight is 458 g/mol. The number of fused-ring (bicyclic) bond motifs is 2. The maximum absolute atomic E-state index is 11.9. The van der Waals surface area contributed by atoms with Crippen molar-refractivity contribution < 1.29 is 19.6 Å². The molecule has 3 heterocycles. The molecule has 5 rings (SSSR count). The molecule has 11 heteroatoms. The van der Waals surface area contributed by atoms with Crippen LogP contribution in [0.2, 0.25) is 0 Å². The van der Waals surface area contributed by atoms with Gasteiger partial charge in [0.25, 0.3) is 0 Å². The first-order chi connectivity index (χ1) is 16.5. The summed E-state index contributed by atoms with van der Waals surface area (Å²) in [6, 6.07) is 14.2. The molecule has 1 amide bonds. The molecule has 0 spiro atoms. The normalized spacial score (nSPS) is 12.7. The van der Waals surface area contributed by atoms with Crippen LogP contribution >= 0.6 is 0 Å². The lowest BCUT2D eigenvalue weighted by atomic mass is 9.80. The van der Waals surface area contributed by atoms with Crippen molar-refractivity contribution in [3.8, 4) is 5.95 Å². The Bertz CT molecular complexity index is 1400. The summed E-state index contributed by atoms with van der Waals surface area (Å²) in [7, 11) is -1.54. The Morgan fingerprint density at radius 1 is 1.15 bits per heavy atom. The van der Waals surface area contributed by atoms with Gasteiger partial charge >= 0.3 is 7.12 Å². The number of carbonyl (C=O) groups excluding carboxylic acids is 1. The van der Waals surface area contributed by atoms with Gasteiger partial charge in [-0.25, -0.2) is 4.98 Å². The predicted molar refractivity (Wildman–Crippen MR) is 127 cm³/mol. The van der Waals surface area contributed by atoms with Gasteiger partial charge in [0.15, 0.2) is 0 Å². The quantitative estimate of drug-likeness (QED) is 0.247. The number of rotatable bonds is 7. The molecular formula is C23H23BN6O4. The second-order valence-electron chi connectivity index (χ2n) is 8.04. The van der Waals surface area contributed by atoms with Gasteiger partial charge in [0, 0.05) is 35.3 Å². The summed E-state index contributed by atoms with van der Waals surface area (Å²) in [4.78, 5) is 21.5. The molecule has 172 valence electrons. The van der Waals surface area contributed by atoms with Crippen LogP contribution in [0.1, 0.15) is 32.9 Å². The highest BCUT2D eigenvalue weighted by Gasteiger charge is 2.23. The van der Waals surface area contributed by atoms with E-state index in [-0.39, 0.29) is 6.54 Å². The highest BCUT2D eigenvalue weighted by Crippen LogP contribution is 2.30. The van der Waals surface area contributed by atoms with Crippen molar-refractivity contribution in [2.75, 3.05) is 5.32 Å². The number of amides is 1. The minimum Gasteiger partial charge on any atom is -0.423 e. The van der Waals surface area contributed by atoms with Crippen LogP contribution in [0.3, 0.4) is 0 Å². The predicted octanol–water partition coefficient (Wildman–Crippen LogP) is 0.300. The molecule has 0 atom stereocenters. The van der Waals surface area contributed by atoms with Crippen molar-refractivity contribution in [3.63, 3.8) is 0 Å². The molecule has 0 saturated heterocycles. The van der Waals surface area contributed by atoms with E-state index in [9.17, 15) is 14.8 Å². The Kier molecular flexibility index (Phi) is 5.76. The van der Waals surface area contributed by atoms with E-state index < -0.39 is 13.0 Å². The lowest BCUT2D eigenvalue weighted by Gasteiger charge is -2.14. The molecule has 34 heavy (non-hydrogen) atoms. The van der Waals surface area contributed by atoms with Gasteiger partial charge in [-0.1, -0.05) is 30.3 Å². The van der Waals surface area contributed by atoms with E-state index in [1.54, 1.807) is 30.3 Å². The topological polar surface area (TPSA) is 162 Å². The molecule has 2 aromatic carbocycles. The monoisotopic (exact) mass is 458 g/mol. The Labute approximate surface area is 195 Å². The SMILES string of the molecule is NCc1cc2c(C(N)=O)cccc2n1-c1nc2c(c(NCc3cccc(B(O)O)c3)n1)COC2. The number of nitrogens with two attached hydrogens (primary N) is 2. The van der Waals surface area contributed by atoms with Crippen molar-refractivity contribution in [2.24, 2.45) is 11.5 Å². The minimum atomic E-state index is -1.54. The smallest absolute Gasteiger partial charge is 0.423 e. The molecule has 0 aliphatic carbocycles. The molecule has 2 aromatic heterocycles. The first-order valence-corrected chi connectivity index (χ1v) is 10.8. The van der Waals surface area contributed by atoms with Gasteiger partial charge in [-0.3, -0.25) is 9.36 Å². The number of carbonyl (C=O) groups is 1. The second kappa shape index (κ2) is 8.88. The summed E-state index contributed by atoms with van der Waals surface area (Å²) in [5, 5.41) is 22.9. The third kappa shape index (κ3) is 3.90. The summed E-state index contributed by atoms with van der Waals surface area (Å²) in [5.74, 6) is 0.499. The molecule has 0 unspecified atom stereocenters. The Morgan fingerprint density at radius 3 is 2.74 bits per heavy atom. The van der Waals surface area contributed by atoms with Crippen LogP contribution in [-0.4, -0.2) is 37.6 Å². The molecule has 0 radical (unpaired) electrons. The Morgan fingerprint density at radius 2 is 1.97 bits per heavy atom. The fraction of sp³-hybridized carbons (Fsp3) is 0.174. The highest BCUT2D eigenvalue weighted by atomic mass is 16.5. The Balaban J connectivity index is 1.58. The van der Waals surface area contributed by atoms with Gasteiger partial charge in [-0.2, -0.15) is 4.98 Å². The minimum absolute atomic E-state index is 0.211. The molecular weight excluding hydrogens is 435 g/mol. The van der Waals surface area contributed by atoms with E-state index in [1.165, 1.54) is 0 Å². The standard InChI is InChI=1S/C23H23BN6O4/c25-9-15-8-17-16(21(26)31)5-2-6-20(17)30(15)23-28-19-12-34-11-18(19)22(29-23)27-10-13-3-1-4-14(7-13)24(32)33/h1-8,32-33H,9-12,25H2,(H2,26,31)(H,27,28,29). The van der Waals surface area contributed by atoms with Crippen molar-refractivity contribution in [1.82, 2.24) is 14.5 Å². The molecule has 0 saturated carbocycles. The van der Waals surface area contributed by atoms with Crippen LogP contribution in [0.5, 0.6) is 0 Å². The average Bonchev–Trinajstić information content (AvgIpc) is 3.46. The third-order valence-corrected chi connectivity index (χ3v) is 5.87. The zero-order chi connectivity index (χ0) is 23.8. The molecule has 1 aliphatic heterocycles. The summed E-state index contributed by atoms with van der Waals surface area (Å²) >= 11 is 0. The summed E-state index contributed by atoms with van der Waals surface area (Å²) < 4.78 is 7.45. The molecule has 0 fully saturated rings.